The highest BCUT2D eigenvalue weighted by atomic mass is 79.9. The Bertz CT molecular complexity index is 1590. The highest BCUT2D eigenvalue weighted by Gasteiger charge is 2.38. The molecule has 1 unspecified atom stereocenters. The summed E-state index contributed by atoms with van der Waals surface area (Å²) < 4.78 is 9.02. The number of thioether (sulfide) groups is 1. The van der Waals surface area contributed by atoms with Crippen LogP contribution >= 0.6 is 50.9 Å². The molecular weight excluding hydrogens is 619 g/mol. The zero-order valence-electron chi connectivity index (χ0n) is 20.7. The Morgan fingerprint density at radius 3 is 2.72 bits per heavy atom. The second-order valence-electron chi connectivity index (χ2n) is 9.34. The van der Waals surface area contributed by atoms with Crippen molar-refractivity contribution in [2.24, 2.45) is 0 Å². The molecule has 6 nitrogen and oxygen atoms in total. The first kappa shape index (κ1) is 26.4. The first-order chi connectivity index (χ1) is 19.0. The number of carbonyl (C=O) groups excluding carboxylic acids is 1. The van der Waals surface area contributed by atoms with E-state index in [2.05, 4.69) is 21.2 Å². The average Bonchev–Trinajstić information content (AvgIpc) is 3.34. The Morgan fingerprint density at radius 1 is 1.08 bits per heavy atom. The minimum atomic E-state index is -0.469. The molecule has 1 N–H and O–H groups in total. The number of allylic oxidation sites excluding steroid dienone is 2. The van der Waals surface area contributed by atoms with E-state index in [-0.39, 0.29) is 5.78 Å². The van der Waals surface area contributed by atoms with Crippen molar-refractivity contribution in [1.82, 2.24) is 14.8 Å². The number of rotatable bonds is 7. The number of hydrogen-bond acceptors (Lipinski definition) is 6. The van der Waals surface area contributed by atoms with Gasteiger partial charge < -0.3 is 10.1 Å². The van der Waals surface area contributed by atoms with Crippen LogP contribution in [0.15, 0.2) is 87.6 Å². The van der Waals surface area contributed by atoms with Gasteiger partial charge in [-0.1, -0.05) is 81.2 Å². The number of aromatic nitrogens is 3. The summed E-state index contributed by atoms with van der Waals surface area (Å²) in [6, 6.07) is 20.7. The fourth-order valence-corrected chi connectivity index (χ4v) is 6.47. The molecule has 0 fully saturated rings. The fourth-order valence-electron chi connectivity index (χ4n) is 4.85. The third-order valence-electron chi connectivity index (χ3n) is 6.74. The highest BCUT2D eigenvalue weighted by molar-refractivity contribution is 9.10. The Labute approximate surface area is 248 Å². The Kier molecular flexibility index (Phi) is 7.71. The SMILES string of the molecule is O=C1CCCC2=C1C(c1cc(Br)ccc1OCc1ccc(Cl)cc1)n1nc(SCc3ccccc3Cl)nc1N2. The van der Waals surface area contributed by atoms with Gasteiger partial charge in [0.15, 0.2) is 5.78 Å². The van der Waals surface area contributed by atoms with Crippen LogP contribution in [0, 0.1) is 0 Å². The maximum Gasteiger partial charge on any atom is 0.227 e. The van der Waals surface area contributed by atoms with Gasteiger partial charge in [0.2, 0.25) is 11.1 Å². The van der Waals surface area contributed by atoms with Gasteiger partial charge in [-0.05, 0) is 60.4 Å². The van der Waals surface area contributed by atoms with Gasteiger partial charge in [0.25, 0.3) is 0 Å². The number of nitrogens with zero attached hydrogens (tertiary/aromatic N) is 3. The molecule has 4 aromatic rings. The van der Waals surface area contributed by atoms with Gasteiger partial charge in [0.05, 0.1) is 0 Å². The van der Waals surface area contributed by atoms with Crippen molar-refractivity contribution in [2.45, 2.75) is 42.8 Å². The van der Waals surface area contributed by atoms with E-state index < -0.39 is 6.04 Å². The van der Waals surface area contributed by atoms with Crippen LogP contribution in [0.3, 0.4) is 0 Å². The fraction of sp³-hybridized carbons (Fsp3) is 0.207. The summed E-state index contributed by atoms with van der Waals surface area (Å²) in [5, 5.41) is 10.3. The monoisotopic (exact) mass is 640 g/mol. The summed E-state index contributed by atoms with van der Waals surface area (Å²) >= 11 is 17.6. The molecule has 0 bridgehead atoms. The minimum Gasteiger partial charge on any atom is -0.489 e. The van der Waals surface area contributed by atoms with Crippen LogP contribution in [0.2, 0.25) is 10.0 Å². The summed E-state index contributed by atoms with van der Waals surface area (Å²) in [5.41, 5.74) is 4.47. The number of nitrogens with one attached hydrogen (secondary N) is 1. The van der Waals surface area contributed by atoms with E-state index >= 15 is 0 Å². The number of halogens is 3. The van der Waals surface area contributed by atoms with Gasteiger partial charge in [-0.3, -0.25) is 4.79 Å². The smallest absolute Gasteiger partial charge is 0.227 e. The summed E-state index contributed by atoms with van der Waals surface area (Å²) in [6.07, 6.45) is 2.09. The lowest BCUT2D eigenvalue weighted by Crippen LogP contribution is -2.31. The quantitative estimate of drug-likeness (QED) is 0.205. The van der Waals surface area contributed by atoms with Crippen molar-refractivity contribution >= 4 is 62.6 Å². The molecule has 0 saturated carbocycles. The summed E-state index contributed by atoms with van der Waals surface area (Å²) in [5.74, 6) is 2.03. The number of hydrogen-bond donors (Lipinski definition) is 1. The van der Waals surface area contributed by atoms with E-state index in [1.165, 1.54) is 11.8 Å². The van der Waals surface area contributed by atoms with Crippen LogP contribution in [0.4, 0.5) is 5.95 Å². The van der Waals surface area contributed by atoms with E-state index in [1.54, 1.807) is 0 Å². The van der Waals surface area contributed by atoms with Crippen LogP contribution in [-0.4, -0.2) is 20.5 Å². The van der Waals surface area contributed by atoms with Gasteiger partial charge in [-0.25, -0.2) is 4.68 Å². The molecule has 39 heavy (non-hydrogen) atoms. The normalized spacial score (nSPS) is 16.5. The topological polar surface area (TPSA) is 69.0 Å². The Hall–Kier alpha value is -2.78. The van der Waals surface area contributed by atoms with Crippen LogP contribution in [0.5, 0.6) is 5.75 Å². The largest absolute Gasteiger partial charge is 0.489 e. The van der Waals surface area contributed by atoms with Crippen LogP contribution in [0.1, 0.15) is 42.0 Å². The third kappa shape index (κ3) is 5.61. The molecule has 1 aliphatic heterocycles. The molecule has 1 atom stereocenters. The molecule has 0 amide bonds. The van der Waals surface area contributed by atoms with E-state index in [0.717, 1.165) is 45.3 Å². The lowest BCUT2D eigenvalue weighted by Gasteiger charge is -2.33. The molecule has 2 heterocycles. The zero-order chi connectivity index (χ0) is 26.9. The second kappa shape index (κ2) is 11.4. The van der Waals surface area contributed by atoms with Crippen molar-refractivity contribution in [1.29, 1.82) is 0 Å². The lowest BCUT2D eigenvalue weighted by molar-refractivity contribution is -0.116. The first-order valence-electron chi connectivity index (χ1n) is 12.5. The number of anilines is 1. The molecule has 3 aromatic carbocycles. The number of carbonyl (C=O) groups is 1. The van der Waals surface area contributed by atoms with Crippen molar-refractivity contribution in [3.63, 3.8) is 0 Å². The summed E-state index contributed by atoms with van der Waals surface area (Å²) in [4.78, 5) is 18.1. The van der Waals surface area contributed by atoms with Gasteiger partial charge in [-0.15, -0.1) is 5.10 Å². The second-order valence-corrected chi connectivity index (χ2v) is 12.0. The van der Waals surface area contributed by atoms with Crippen molar-refractivity contribution in [2.75, 3.05) is 5.32 Å². The van der Waals surface area contributed by atoms with E-state index in [0.29, 0.717) is 45.7 Å². The van der Waals surface area contributed by atoms with Gasteiger partial charge in [0.1, 0.15) is 18.4 Å². The molecule has 0 radical (unpaired) electrons. The van der Waals surface area contributed by atoms with Gasteiger partial charge in [0, 0.05) is 43.5 Å². The van der Waals surface area contributed by atoms with E-state index in [4.69, 9.17) is 38.0 Å². The number of benzene rings is 3. The van der Waals surface area contributed by atoms with Crippen molar-refractivity contribution in [3.8, 4) is 5.75 Å². The van der Waals surface area contributed by atoms with Crippen LogP contribution < -0.4 is 10.1 Å². The van der Waals surface area contributed by atoms with Crippen LogP contribution in [-0.2, 0) is 17.2 Å². The van der Waals surface area contributed by atoms with Crippen molar-refractivity contribution < 1.29 is 9.53 Å². The summed E-state index contributed by atoms with van der Waals surface area (Å²) in [6.45, 7) is 0.361. The third-order valence-corrected chi connectivity index (χ3v) is 8.74. The number of ketones is 1. The lowest BCUT2D eigenvalue weighted by atomic mass is 9.85. The average molecular weight is 642 g/mol. The number of ether oxygens (including phenoxy) is 1. The standard InChI is InChI=1S/C29H23BrCl2N4O2S/c30-19-10-13-25(38-15-17-8-11-20(31)12-9-17)21(14-19)27-26-23(6-3-7-24(26)37)33-28-34-29(35-36(27)28)39-16-18-4-1-2-5-22(18)32/h1-2,4-5,8-14,27H,3,6-7,15-16H2,(H,33,34,35). The Morgan fingerprint density at radius 2 is 1.90 bits per heavy atom. The minimum absolute atomic E-state index is 0.115. The Balaban J connectivity index is 1.37. The molecule has 6 rings (SSSR count). The van der Waals surface area contributed by atoms with Gasteiger partial charge in [-0.2, -0.15) is 4.98 Å². The van der Waals surface area contributed by atoms with Gasteiger partial charge >= 0.3 is 0 Å². The maximum absolute atomic E-state index is 13.3. The molecule has 10 heteroatoms. The molecular formula is C29H23BrCl2N4O2S. The molecule has 0 spiro atoms. The highest BCUT2D eigenvalue weighted by Crippen LogP contribution is 2.44. The molecule has 2 aliphatic rings. The number of Topliss-reactive ketones (excluding diaryl/α,β-unsaturated/α-hetero) is 1. The summed E-state index contributed by atoms with van der Waals surface area (Å²) in [7, 11) is 0. The first-order valence-corrected chi connectivity index (χ1v) is 15.0. The molecule has 1 aromatic heterocycles. The van der Waals surface area contributed by atoms with E-state index in [9.17, 15) is 4.79 Å². The predicted molar refractivity (Wildman–Crippen MR) is 159 cm³/mol. The molecule has 1 aliphatic carbocycles. The predicted octanol–water partition coefficient (Wildman–Crippen LogP) is 8.24. The molecule has 0 saturated heterocycles. The maximum atomic E-state index is 13.3. The molecule has 198 valence electrons. The van der Waals surface area contributed by atoms with E-state index in [1.807, 2.05) is 71.4 Å². The van der Waals surface area contributed by atoms with Crippen LogP contribution in [0.25, 0.3) is 0 Å². The van der Waals surface area contributed by atoms with Crippen molar-refractivity contribution in [3.05, 3.63) is 109 Å². The number of fused-ring (bicyclic) bond motifs is 1. The zero-order valence-corrected chi connectivity index (χ0v) is 24.6.